The number of amides is 3. The van der Waals surface area contributed by atoms with Gasteiger partial charge in [-0.15, -0.1) is 0 Å². The monoisotopic (exact) mass is 499 g/mol. The van der Waals surface area contributed by atoms with Crippen LogP contribution < -0.4 is 10.6 Å². The van der Waals surface area contributed by atoms with Crippen LogP contribution >= 0.6 is 0 Å². The molecule has 1 aliphatic rings. The Labute approximate surface area is 213 Å². The van der Waals surface area contributed by atoms with Gasteiger partial charge in [0.05, 0.1) is 17.8 Å². The number of H-pyrrole nitrogens is 1. The Morgan fingerprint density at radius 2 is 1.54 bits per heavy atom. The molecule has 8 nitrogen and oxygen atoms in total. The van der Waals surface area contributed by atoms with Crippen LogP contribution in [0.25, 0.3) is 10.9 Å². The molecule has 188 valence electrons. The zero-order valence-electron chi connectivity index (χ0n) is 20.0. The van der Waals surface area contributed by atoms with Crippen molar-refractivity contribution in [2.45, 2.75) is 0 Å². The maximum atomic E-state index is 13.1. The number of aromatic amines is 1. The second-order valence-electron chi connectivity index (χ2n) is 8.89. The number of benzene rings is 3. The molecule has 37 heavy (non-hydrogen) atoms. The summed E-state index contributed by atoms with van der Waals surface area (Å²) >= 11 is 0. The van der Waals surface area contributed by atoms with E-state index in [4.69, 9.17) is 0 Å². The minimum absolute atomic E-state index is 0.0543. The standard InChI is InChI=1S/C28H26FN5O3/c29-20-9-11-21(12-10-20)30-27(36)22-6-2-4-8-24(22)32-26(35)18-33-13-15-34(16-14-33)28(37)25-17-19-5-1-3-7-23(19)31-25/h1-12,17,31H,13-16,18H2,(H,30,36)(H,32,35). The van der Waals surface area contributed by atoms with Gasteiger partial charge >= 0.3 is 0 Å². The first kappa shape index (κ1) is 24.2. The molecule has 0 aliphatic carbocycles. The van der Waals surface area contributed by atoms with E-state index in [0.29, 0.717) is 48.8 Å². The number of carbonyl (C=O) groups is 3. The van der Waals surface area contributed by atoms with Gasteiger partial charge in [-0.25, -0.2) is 4.39 Å². The van der Waals surface area contributed by atoms with Crippen molar-refractivity contribution in [3.63, 3.8) is 0 Å². The Kier molecular flexibility index (Phi) is 6.96. The Morgan fingerprint density at radius 3 is 2.30 bits per heavy atom. The molecule has 5 rings (SSSR count). The van der Waals surface area contributed by atoms with Crippen LogP contribution in [-0.2, 0) is 4.79 Å². The lowest BCUT2D eigenvalue weighted by molar-refractivity contribution is -0.117. The van der Waals surface area contributed by atoms with E-state index in [1.165, 1.54) is 24.3 Å². The molecule has 1 aromatic heterocycles. The highest BCUT2D eigenvalue weighted by atomic mass is 19.1. The number of rotatable bonds is 6. The molecule has 3 amide bonds. The Hall–Kier alpha value is -4.50. The second-order valence-corrected chi connectivity index (χ2v) is 8.89. The van der Waals surface area contributed by atoms with Crippen molar-refractivity contribution < 1.29 is 18.8 Å². The molecule has 0 radical (unpaired) electrons. The van der Waals surface area contributed by atoms with E-state index in [2.05, 4.69) is 15.6 Å². The number of nitrogens with one attached hydrogen (secondary N) is 3. The molecule has 1 aliphatic heterocycles. The van der Waals surface area contributed by atoms with Crippen LogP contribution in [0.15, 0.2) is 78.9 Å². The minimum Gasteiger partial charge on any atom is -0.351 e. The number of fused-ring (bicyclic) bond motifs is 1. The second kappa shape index (κ2) is 10.6. The van der Waals surface area contributed by atoms with Gasteiger partial charge in [-0.05, 0) is 48.5 Å². The summed E-state index contributed by atoms with van der Waals surface area (Å²) < 4.78 is 13.1. The van der Waals surface area contributed by atoms with Crippen molar-refractivity contribution in [2.24, 2.45) is 0 Å². The van der Waals surface area contributed by atoms with Gasteiger partial charge in [0.1, 0.15) is 11.5 Å². The van der Waals surface area contributed by atoms with Crippen LogP contribution in [0.4, 0.5) is 15.8 Å². The fourth-order valence-corrected chi connectivity index (χ4v) is 4.38. The van der Waals surface area contributed by atoms with Crippen LogP contribution in [-0.4, -0.2) is 65.2 Å². The fraction of sp³-hybridized carbons (Fsp3) is 0.179. The molecule has 0 saturated carbocycles. The fourth-order valence-electron chi connectivity index (χ4n) is 4.38. The van der Waals surface area contributed by atoms with Gasteiger partial charge in [0, 0.05) is 42.8 Å². The van der Waals surface area contributed by atoms with Crippen LogP contribution in [0.2, 0.25) is 0 Å². The summed E-state index contributed by atoms with van der Waals surface area (Å²) in [7, 11) is 0. The third-order valence-electron chi connectivity index (χ3n) is 6.33. The van der Waals surface area contributed by atoms with E-state index >= 15 is 0 Å². The molecule has 3 aromatic carbocycles. The first-order valence-corrected chi connectivity index (χ1v) is 12.0. The third-order valence-corrected chi connectivity index (χ3v) is 6.33. The average molecular weight is 500 g/mol. The molecular weight excluding hydrogens is 473 g/mol. The Bertz CT molecular complexity index is 1410. The van der Waals surface area contributed by atoms with Crippen LogP contribution in [0.5, 0.6) is 0 Å². The molecule has 1 saturated heterocycles. The van der Waals surface area contributed by atoms with Gasteiger partial charge in [-0.3, -0.25) is 19.3 Å². The predicted molar refractivity (Wildman–Crippen MR) is 140 cm³/mol. The highest BCUT2D eigenvalue weighted by molar-refractivity contribution is 6.10. The van der Waals surface area contributed by atoms with Crippen molar-refractivity contribution >= 4 is 40.0 Å². The van der Waals surface area contributed by atoms with Gasteiger partial charge in [0.15, 0.2) is 0 Å². The first-order valence-electron chi connectivity index (χ1n) is 12.0. The summed E-state index contributed by atoms with van der Waals surface area (Å²) in [4.78, 5) is 45.4. The SMILES string of the molecule is O=C(CN1CCN(C(=O)c2cc3ccccc3[nH]2)CC1)Nc1ccccc1C(=O)Nc1ccc(F)cc1. The lowest BCUT2D eigenvalue weighted by atomic mass is 10.1. The van der Waals surface area contributed by atoms with E-state index in [0.717, 1.165) is 10.9 Å². The van der Waals surface area contributed by atoms with Crippen molar-refractivity contribution in [1.82, 2.24) is 14.8 Å². The molecular formula is C28H26FN5O3. The van der Waals surface area contributed by atoms with Gasteiger partial charge in [-0.1, -0.05) is 30.3 Å². The van der Waals surface area contributed by atoms with E-state index in [1.807, 2.05) is 35.2 Å². The van der Waals surface area contributed by atoms with E-state index < -0.39 is 11.7 Å². The number of halogens is 1. The number of piperazine rings is 1. The molecule has 3 N–H and O–H groups in total. The quantitative estimate of drug-likeness (QED) is 0.374. The lowest BCUT2D eigenvalue weighted by Crippen LogP contribution is -2.50. The van der Waals surface area contributed by atoms with E-state index in [-0.39, 0.29) is 18.4 Å². The van der Waals surface area contributed by atoms with Gasteiger partial charge in [0.25, 0.3) is 11.8 Å². The van der Waals surface area contributed by atoms with Crippen LogP contribution in [0.3, 0.4) is 0 Å². The largest absolute Gasteiger partial charge is 0.351 e. The van der Waals surface area contributed by atoms with E-state index in [1.54, 1.807) is 29.2 Å². The smallest absolute Gasteiger partial charge is 0.270 e. The summed E-state index contributed by atoms with van der Waals surface area (Å²) in [6, 6.07) is 21.8. The minimum atomic E-state index is -0.411. The van der Waals surface area contributed by atoms with Crippen LogP contribution in [0, 0.1) is 5.82 Å². The third kappa shape index (κ3) is 5.68. The van der Waals surface area contributed by atoms with Crippen LogP contribution in [0.1, 0.15) is 20.8 Å². The first-order chi connectivity index (χ1) is 18.0. The number of aromatic nitrogens is 1. The number of nitrogens with zero attached hydrogens (tertiary/aromatic N) is 2. The molecule has 0 spiro atoms. The molecule has 1 fully saturated rings. The number of anilines is 2. The Morgan fingerprint density at radius 1 is 0.838 bits per heavy atom. The molecule has 0 bridgehead atoms. The summed E-state index contributed by atoms with van der Waals surface area (Å²) in [6.45, 7) is 2.29. The molecule has 9 heteroatoms. The maximum absolute atomic E-state index is 13.1. The highest BCUT2D eigenvalue weighted by Crippen LogP contribution is 2.19. The van der Waals surface area contributed by atoms with Crippen molar-refractivity contribution in [3.8, 4) is 0 Å². The summed E-state index contributed by atoms with van der Waals surface area (Å²) in [5.74, 6) is -1.11. The van der Waals surface area contributed by atoms with Crippen molar-refractivity contribution in [2.75, 3.05) is 43.4 Å². The topological polar surface area (TPSA) is 97.5 Å². The number of carbonyl (C=O) groups excluding carboxylic acids is 3. The van der Waals surface area contributed by atoms with Crippen molar-refractivity contribution in [3.05, 3.63) is 95.9 Å². The maximum Gasteiger partial charge on any atom is 0.270 e. The normalized spacial score (nSPS) is 13.9. The Balaban J connectivity index is 1.15. The number of para-hydroxylation sites is 2. The zero-order valence-corrected chi connectivity index (χ0v) is 20.0. The zero-order chi connectivity index (χ0) is 25.8. The van der Waals surface area contributed by atoms with E-state index in [9.17, 15) is 18.8 Å². The molecule has 0 unspecified atom stereocenters. The number of hydrogen-bond acceptors (Lipinski definition) is 4. The van der Waals surface area contributed by atoms with Gasteiger partial charge in [0.2, 0.25) is 5.91 Å². The van der Waals surface area contributed by atoms with Gasteiger partial charge in [-0.2, -0.15) is 0 Å². The summed E-state index contributed by atoms with van der Waals surface area (Å²) in [5, 5.41) is 6.53. The molecule has 0 atom stereocenters. The number of hydrogen-bond donors (Lipinski definition) is 3. The predicted octanol–water partition coefficient (Wildman–Crippen LogP) is 3.96. The van der Waals surface area contributed by atoms with Crippen molar-refractivity contribution in [1.29, 1.82) is 0 Å². The lowest BCUT2D eigenvalue weighted by Gasteiger charge is -2.34. The molecule has 2 heterocycles. The molecule has 4 aromatic rings. The highest BCUT2D eigenvalue weighted by Gasteiger charge is 2.24. The average Bonchev–Trinajstić information content (AvgIpc) is 3.35. The summed E-state index contributed by atoms with van der Waals surface area (Å²) in [5.41, 5.74) is 2.62. The van der Waals surface area contributed by atoms with Gasteiger partial charge < -0.3 is 20.5 Å². The summed E-state index contributed by atoms with van der Waals surface area (Å²) in [6.07, 6.45) is 0.